The lowest BCUT2D eigenvalue weighted by Crippen LogP contribution is -2.35. The molecule has 0 fully saturated rings. The van der Waals surface area contributed by atoms with Crippen LogP contribution in [0.4, 0.5) is 10.1 Å². The van der Waals surface area contributed by atoms with Crippen LogP contribution in [-0.2, 0) is 14.3 Å². The van der Waals surface area contributed by atoms with E-state index < -0.39 is 17.6 Å². The third-order valence-electron chi connectivity index (χ3n) is 4.22. The number of methoxy groups -OCH3 is 1. The van der Waals surface area contributed by atoms with Gasteiger partial charge < -0.3 is 10.1 Å². The number of carbonyl (C=O) groups is 2. The van der Waals surface area contributed by atoms with Crippen LogP contribution in [0, 0.1) is 12.7 Å². The smallest absolute Gasteiger partial charge is 0.278 e. The largest absolute Gasteiger partial charge is 0.383 e. The first-order valence-corrected chi connectivity index (χ1v) is 8.21. The van der Waals surface area contributed by atoms with E-state index in [4.69, 9.17) is 4.74 Å². The van der Waals surface area contributed by atoms with E-state index in [1.165, 1.54) is 31.4 Å². The third kappa shape index (κ3) is 3.36. The van der Waals surface area contributed by atoms with Crippen molar-refractivity contribution in [1.82, 2.24) is 4.90 Å². The monoisotopic (exact) mass is 354 g/mol. The molecule has 3 rings (SSSR count). The Balaban J connectivity index is 2.05. The molecule has 1 aliphatic heterocycles. The molecule has 1 aliphatic rings. The molecule has 0 bridgehead atoms. The van der Waals surface area contributed by atoms with Gasteiger partial charge in [0.25, 0.3) is 11.8 Å². The Bertz CT molecular complexity index is 875. The Morgan fingerprint density at radius 2 is 1.73 bits per heavy atom. The van der Waals surface area contributed by atoms with Crippen LogP contribution < -0.4 is 5.32 Å². The molecule has 0 unspecified atom stereocenters. The van der Waals surface area contributed by atoms with E-state index in [0.29, 0.717) is 5.56 Å². The highest BCUT2D eigenvalue weighted by molar-refractivity contribution is 6.36. The second-order valence-corrected chi connectivity index (χ2v) is 5.95. The number of amides is 2. The maximum atomic E-state index is 13.3. The summed E-state index contributed by atoms with van der Waals surface area (Å²) in [5, 5.41) is 3.09. The highest BCUT2D eigenvalue weighted by atomic mass is 19.1. The number of nitrogens with one attached hydrogen (secondary N) is 1. The number of anilines is 1. The van der Waals surface area contributed by atoms with Crippen molar-refractivity contribution in [2.24, 2.45) is 0 Å². The maximum Gasteiger partial charge on any atom is 0.278 e. The molecule has 0 aromatic heterocycles. The van der Waals surface area contributed by atoms with Gasteiger partial charge in [-0.05, 0) is 36.2 Å². The van der Waals surface area contributed by atoms with Gasteiger partial charge in [-0.2, -0.15) is 0 Å². The Morgan fingerprint density at radius 1 is 1.04 bits per heavy atom. The van der Waals surface area contributed by atoms with Gasteiger partial charge in [-0.25, -0.2) is 4.39 Å². The van der Waals surface area contributed by atoms with Gasteiger partial charge in [0.1, 0.15) is 11.5 Å². The zero-order valence-corrected chi connectivity index (χ0v) is 14.6. The summed E-state index contributed by atoms with van der Waals surface area (Å²) >= 11 is 0. The highest BCUT2D eigenvalue weighted by Gasteiger charge is 2.39. The Labute approximate surface area is 151 Å². The summed E-state index contributed by atoms with van der Waals surface area (Å²) in [7, 11) is 1.51. The summed E-state index contributed by atoms with van der Waals surface area (Å²) in [4.78, 5) is 26.8. The molecule has 0 radical (unpaired) electrons. The van der Waals surface area contributed by atoms with Crippen molar-refractivity contribution in [3.63, 3.8) is 0 Å². The van der Waals surface area contributed by atoms with Gasteiger partial charge in [0.15, 0.2) is 0 Å². The predicted octanol–water partition coefficient (Wildman–Crippen LogP) is 2.97. The normalized spacial score (nSPS) is 14.3. The maximum absolute atomic E-state index is 13.3. The molecule has 134 valence electrons. The summed E-state index contributed by atoms with van der Waals surface area (Å²) in [5.74, 6) is -1.25. The summed E-state index contributed by atoms with van der Waals surface area (Å²) in [6, 6.07) is 13.0. The number of para-hydroxylation sites is 1. The van der Waals surface area contributed by atoms with Crippen molar-refractivity contribution in [3.8, 4) is 0 Å². The fraction of sp³-hybridized carbons (Fsp3) is 0.200. The quantitative estimate of drug-likeness (QED) is 0.811. The molecule has 0 spiro atoms. The molecule has 1 heterocycles. The van der Waals surface area contributed by atoms with Gasteiger partial charge in [-0.3, -0.25) is 14.5 Å². The summed E-state index contributed by atoms with van der Waals surface area (Å²) in [6.07, 6.45) is 0. The minimum Gasteiger partial charge on any atom is -0.383 e. The molecule has 0 saturated carbocycles. The van der Waals surface area contributed by atoms with Gasteiger partial charge in [0.05, 0.1) is 18.7 Å². The second-order valence-electron chi connectivity index (χ2n) is 5.95. The SMILES string of the molecule is COCCN1C(=O)C(Nc2ccccc2C)=C(c2ccc(F)cc2)C1=O. The van der Waals surface area contributed by atoms with Crippen LogP contribution in [0.5, 0.6) is 0 Å². The van der Waals surface area contributed by atoms with Crippen LogP contribution in [0.2, 0.25) is 0 Å². The number of ether oxygens (including phenoxy) is 1. The summed E-state index contributed by atoms with van der Waals surface area (Å²) in [5.41, 5.74) is 2.58. The lowest BCUT2D eigenvalue weighted by molar-refractivity contribution is -0.137. The number of aryl methyl sites for hydroxylation is 1. The number of imide groups is 1. The fourth-order valence-corrected chi connectivity index (χ4v) is 2.81. The standard InChI is InChI=1S/C20H19FN2O3/c1-13-5-3-4-6-16(13)22-18-17(14-7-9-15(21)10-8-14)19(24)23(20(18)25)11-12-26-2/h3-10,22H,11-12H2,1-2H3. The van der Waals surface area contributed by atoms with E-state index >= 15 is 0 Å². The number of benzene rings is 2. The average Bonchev–Trinajstić information content (AvgIpc) is 2.86. The van der Waals surface area contributed by atoms with Crippen LogP contribution >= 0.6 is 0 Å². The van der Waals surface area contributed by atoms with Gasteiger partial charge >= 0.3 is 0 Å². The third-order valence-corrected chi connectivity index (χ3v) is 4.22. The number of rotatable bonds is 6. The van der Waals surface area contributed by atoms with Crippen molar-refractivity contribution in [1.29, 1.82) is 0 Å². The molecule has 6 heteroatoms. The van der Waals surface area contributed by atoms with Crippen LogP contribution in [0.15, 0.2) is 54.2 Å². The lowest BCUT2D eigenvalue weighted by atomic mass is 10.0. The van der Waals surface area contributed by atoms with E-state index in [1.54, 1.807) is 0 Å². The van der Waals surface area contributed by atoms with Crippen molar-refractivity contribution in [2.45, 2.75) is 6.92 Å². The molecular weight excluding hydrogens is 335 g/mol. The predicted molar refractivity (Wildman–Crippen MR) is 96.7 cm³/mol. The molecule has 2 aromatic rings. The Kier molecular flexibility index (Phi) is 5.14. The molecule has 1 N–H and O–H groups in total. The van der Waals surface area contributed by atoms with Crippen LogP contribution in [0.1, 0.15) is 11.1 Å². The Morgan fingerprint density at radius 3 is 2.38 bits per heavy atom. The first-order chi connectivity index (χ1) is 12.5. The van der Waals surface area contributed by atoms with Crippen molar-refractivity contribution < 1.29 is 18.7 Å². The number of nitrogens with zero attached hydrogens (tertiary/aromatic N) is 1. The summed E-state index contributed by atoms with van der Waals surface area (Å²) in [6.45, 7) is 2.30. The van der Waals surface area contributed by atoms with Gasteiger partial charge in [-0.1, -0.05) is 30.3 Å². The molecular formula is C20H19FN2O3. The van der Waals surface area contributed by atoms with E-state index in [0.717, 1.165) is 16.2 Å². The van der Waals surface area contributed by atoms with Crippen molar-refractivity contribution in [2.75, 3.05) is 25.6 Å². The zero-order chi connectivity index (χ0) is 18.7. The van der Waals surface area contributed by atoms with E-state index in [9.17, 15) is 14.0 Å². The van der Waals surface area contributed by atoms with Crippen molar-refractivity contribution in [3.05, 3.63) is 71.2 Å². The molecule has 0 saturated heterocycles. The number of carbonyl (C=O) groups excluding carboxylic acids is 2. The Hall–Kier alpha value is -2.99. The molecule has 0 aliphatic carbocycles. The second kappa shape index (κ2) is 7.49. The first-order valence-electron chi connectivity index (χ1n) is 8.21. The average molecular weight is 354 g/mol. The molecule has 26 heavy (non-hydrogen) atoms. The molecule has 2 amide bonds. The number of halogens is 1. The minimum atomic E-state index is -0.422. The fourth-order valence-electron chi connectivity index (χ4n) is 2.81. The van der Waals surface area contributed by atoms with Gasteiger partial charge in [0.2, 0.25) is 0 Å². The highest BCUT2D eigenvalue weighted by Crippen LogP contribution is 2.31. The van der Waals surface area contributed by atoms with Crippen LogP contribution in [0.3, 0.4) is 0 Å². The van der Waals surface area contributed by atoms with E-state index in [1.807, 2.05) is 31.2 Å². The zero-order valence-electron chi connectivity index (χ0n) is 14.6. The minimum absolute atomic E-state index is 0.151. The molecule has 5 nitrogen and oxygen atoms in total. The van der Waals surface area contributed by atoms with Gasteiger partial charge in [-0.15, -0.1) is 0 Å². The number of hydrogen-bond donors (Lipinski definition) is 1. The van der Waals surface area contributed by atoms with E-state index in [-0.39, 0.29) is 24.4 Å². The summed E-state index contributed by atoms with van der Waals surface area (Å²) < 4.78 is 18.3. The lowest BCUT2D eigenvalue weighted by Gasteiger charge is -2.15. The van der Waals surface area contributed by atoms with Gasteiger partial charge in [0, 0.05) is 12.8 Å². The van der Waals surface area contributed by atoms with E-state index in [2.05, 4.69) is 5.32 Å². The molecule has 0 atom stereocenters. The van der Waals surface area contributed by atoms with Crippen LogP contribution in [-0.4, -0.2) is 37.0 Å². The topological polar surface area (TPSA) is 58.6 Å². The van der Waals surface area contributed by atoms with Crippen LogP contribution in [0.25, 0.3) is 5.57 Å². The molecule has 2 aromatic carbocycles. The first kappa shape index (κ1) is 17.8. The van der Waals surface area contributed by atoms with Crippen molar-refractivity contribution >= 4 is 23.1 Å². The number of hydrogen-bond acceptors (Lipinski definition) is 4.